The number of ether oxygens (including phenoxy) is 2. The largest absolute Gasteiger partial charge is 0.473 e. The van der Waals surface area contributed by atoms with Crippen molar-refractivity contribution in [3.05, 3.63) is 47.2 Å². The third kappa shape index (κ3) is 6.07. The molecule has 1 saturated heterocycles. The third-order valence-electron chi connectivity index (χ3n) is 5.30. The van der Waals surface area contributed by atoms with Gasteiger partial charge in [-0.1, -0.05) is 34.8 Å². The number of nitrogens with zero attached hydrogens (tertiary/aromatic N) is 3. The molecule has 0 radical (unpaired) electrons. The maximum absolute atomic E-state index is 12.4. The van der Waals surface area contributed by atoms with Gasteiger partial charge in [0.05, 0.1) is 17.7 Å². The number of hydrogen-bond acceptors (Lipinski definition) is 8. The number of carbonyl (C=O) groups excluding carboxylic acids is 2. The van der Waals surface area contributed by atoms with Crippen LogP contribution in [0.2, 0.25) is 0 Å². The standard InChI is InChI=1S/C25H24BrN5O4/c1-3-6-22(32)30-20-12-18-19(27-15-28-25(18)29-17-8-5-7-16(26)11-17)13-21(20)35-23(4-2)31-9-10-34-24(33)14-31/h5,7-8,11-13,15,23H,4,9-10,14H2,1-2H3,(H,30,32)(H,27,28,29). The van der Waals surface area contributed by atoms with E-state index in [1.807, 2.05) is 36.1 Å². The van der Waals surface area contributed by atoms with E-state index in [0.717, 1.165) is 10.2 Å². The van der Waals surface area contributed by atoms with Gasteiger partial charge in [0.25, 0.3) is 5.91 Å². The molecule has 2 aromatic carbocycles. The summed E-state index contributed by atoms with van der Waals surface area (Å²) in [5, 5.41) is 6.79. The van der Waals surface area contributed by atoms with E-state index in [1.54, 1.807) is 19.1 Å². The molecule has 3 aromatic rings. The number of hydrogen-bond donors (Lipinski definition) is 2. The quantitative estimate of drug-likeness (QED) is 0.343. The molecule has 2 N–H and O–H groups in total. The van der Waals surface area contributed by atoms with Crippen molar-refractivity contribution in [2.24, 2.45) is 0 Å². The summed E-state index contributed by atoms with van der Waals surface area (Å²) < 4.78 is 12.3. The lowest BCUT2D eigenvalue weighted by Crippen LogP contribution is -2.48. The molecule has 1 aliphatic heterocycles. The van der Waals surface area contributed by atoms with E-state index in [0.29, 0.717) is 47.7 Å². The molecule has 35 heavy (non-hydrogen) atoms. The Balaban J connectivity index is 1.73. The summed E-state index contributed by atoms with van der Waals surface area (Å²) >= 11 is 3.47. The molecular weight excluding hydrogens is 514 g/mol. The number of carbonyl (C=O) groups is 2. The maximum atomic E-state index is 12.4. The van der Waals surface area contributed by atoms with Gasteiger partial charge in [0, 0.05) is 28.2 Å². The summed E-state index contributed by atoms with van der Waals surface area (Å²) in [6.07, 6.45) is 1.69. The highest BCUT2D eigenvalue weighted by Gasteiger charge is 2.27. The van der Waals surface area contributed by atoms with Crippen LogP contribution >= 0.6 is 15.9 Å². The van der Waals surface area contributed by atoms with E-state index in [2.05, 4.69) is 48.4 Å². The molecule has 1 fully saturated rings. The Morgan fingerprint density at radius 1 is 1.31 bits per heavy atom. The molecule has 0 bridgehead atoms. The van der Waals surface area contributed by atoms with Crippen LogP contribution in [0.4, 0.5) is 17.2 Å². The number of benzene rings is 2. The Kier molecular flexibility index (Phi) is 7.80. The lowest BCUT2D eigenvalue weighted by molar-refractivity contribution is -0.155. The van der Waals surface area contributed by atoms with Crippen LogP contribution in [-0.4, -0.2) is 52.7 Å². The normalized spacial score (nSPS) is 14.4. The lowest BCUT2D eigenvalue weighted by atomic mass is 10.1. The van der Waals surface area contributed by atoms with Crippen LogP contribution in [0.3, 0.4) is 0 Å². The molecule has 1 unspecified atom stereocenters. The number of nitrogens with one attached hydrogen (secondary N) is 2. The van der Waals surface area contributed by atoms with Crippen molar-refractivity contribution in [1.29, 1.82) is 0 Å². The van der Waals surface area contributed by atoms with Gasteiger partial charge in [-0.05, 0) is 43.5 Å². The lowest BCUT2D eigenvalue weighted by Gasteiger charge is -2.33. The first-order valence-corrected chi connectivity index (χ1v) is 11.9. The summed E-state index contributed by atoms with van der Waals surface area (Å²) in [6.45, 7) is 4.56. The molecule has 2 heterocycles. The van der Waals surface area contributed by atoms with Gasteiger partial charge in [-0.15, -0.1) is 0 Å². The minimum Gasteiger partial charge on any atom is -0.473 e. The fourth-order valence-electron chi connectivity index (χ4n) is 3.72. The van der Waals surface area contributed by atoms with Gasteiger partial charge >= 0.3 is 5.97 Å². The summed E-state index contributed by atoms with van der Waals surface area (Å²) in [5.41, 5.74) is 1.89. The minimum absolute atomic E-state index is 0.137. The zero-order valence-corrected chi connectivity index (χ0v) is 20.9. The second-order valence-electron chi connectivity index (χ2n) is 7.72. The summed E-state index contributed by atoms with van der Waals surface area (Å²) in [6, 6.07) is 11.2. The highest BCUT2D eigenvalue weighted by Crippen LogP contribution is 2.35. The number of aromatic nitrogens is 2. The predicted octanol–water partition coefficient (Wildman–Crippen LogP) is 4.07. The molecule has 4 rings (SSSR count). The van der Waals surface area contributed by atoms with Gasteiger partial charge < -0.3 is 20.1 Å². The van der Waals surface area contributed by atoms with Crippen molar-refractivity contribution in [3.63, 3.8) is 0 Å². The number of fused-ring (bicyclic) bond motifs is 1. The van der Waals surface area contributed by atoms with E-state index >= 15 is 0 Å². The van der Waals surface area contributed by atoms with Crippen LogP contribution in [0.15, 0.2) is 47.2 Å². The second-order valence-corrected chi connectivity index (χ2v) is 8.64. The summed E-state index contributed by atoms with van der Waals surface area (Å²) in [4.78, 5) is 34.9. The van der Waals surface area contributed by atoms with E-state index in [1.165, 1.54) is 6.33 Å². The average Bonchev–Trinajstić information content (AvgIpc) is 2.83. The van der Waals surface area contributed by atoms with Crippen molar-refractivity contribution in [1.82, 2.24) is 14.9 Å². The molecule has 9 nitrogen and oxygen atoms in total. The van der Waals surface area contributed by atoms with Crippen molar-refractivity contribution in [2.75, 3.05) is 30.3 Å². The Morgan fingerprint density at radius 2 is 2.17 bits per heavy atom. The molecular formula is C25H24BrN5O4. The van der Waals surface area contributed by atoms with Crippen LogP contribution in [-0.2, 0) is 14.3 Å². The van der Waals surface area contributed by atoms with Crippen LogP contribution in [0.1, 0.15) is 20.3 Å². The van der Waals surface area contributed by atoms with Crippen LogP contribution in [0.5, 0.6) is 5.75 Å². The highest BCUT2D eigenvalue weighted by molar-refractivity contribution is 9.10. The Hall–Kier alpha value is -3.68. The SMILES string of the molecule is CC#CC(=O)Nc1cc2c(Nc3cccc(Br)c3)ncnc2cc1OC(CC)N1CCOC(=O)C1. The molecule has 180 valence electrons. The second kappa shape index (κ2) is 11.2. The molecule has 1 amide bonds. The average molecular weight is 538 g/mol. The van der Waals surface area contributed by atoms with Gasteiger partial charge in [-0.3, -0.25) is 14.5 Å². The first kappa shape index (κ1) is 24.4. The molecule has 0 saturated carbocycles. The fourth-order valence-corrected chi connectivity index (χ4v) is 4.12. The van der Waals surface area contributed by atoms with Gasteiger partial charge in [0.15, 0.2) is 6.23 Å². The van der Waals surface area contributed by atoms with Gasteiger partial charge in [0.2, 0.25) is 0 Å². The highest BCUT2D eigenvalue weighted by atomic mass is 79.9. The number of esters is 1. The minimum atomic E-state index is -0.468. The number of cyclic esters (lactones) is 1. The molecule has 10 heteroatoms. The van der Waals surface area contributed by atoms with Crippen LogP contribution in [0.25, 0.3) is 10.9 Å². The zero-order valence-electron chi connectivity index (χ0n) is 19.3. The Labute approximate surface area is 211 Å². The third-order valence-corrected chi connectivity index (χ3v) is 5.80. The van der Waals surface area contributed by atoms with Crippen molar-refractivity contribution in [2.45, 2.75) is 26.5 Å². The van der Waals surface area contributed by atoms with Gasteiger partial charge in [0.1, 0.15) is 24.5 Å². The first-order chi connectivity index (χ1) is 17.0. The summed E-state index contributed by atoms with van der Waals surface area (Å²) in [7, 11) is 0. The monoisotopic (exact) mass is 537 g/mol. The number of anilines is 3. The van der Waals surface area contributed by atoms with E-state index in [9.17, 15) is 9.59 Å². The smallest absolute Gasteiger partial charge is 0.320 e. The topological polar surface area (TPSA) is 106 Å². The number of morpholine rings is 1. The first-order valence-electron chi connectivity index (χ1n) is 11.1. The molecule has 1 atom stereocenters. The van der Waals surface area contributed by atoms with Crippen molar-refractivity contribution >= 4 is 55.9 Å². The van der Waals surface area contributed by atoms with Crippen LogP contribution in [0, 0.1) is 11.8 Å². The number of rotatable bonds is 7. The molecule has 1 aromatic heterocycles. The Morgan fingerprint density at radius 3 is 2.91 bits per heavy atom. The van der Waals surface area contributed by atoms with Gasteiger partial charge in [-0.2, -0.15) is 0 Å². The predicted molar refractivity (Wildman–Crippen MR) is 136 cm³/mol. The van der Waals surface area contributed by atoms with Crippen molar-refractivity contribution in [3.8, 4) is 17.6 Å². The number of halogens is 1. The maximum Gasteiger partial charge on any atom is 0.320 e. The van der Waals surface area contributed by atoms with Crippen molar-refractivity contribution < 1.29 is 19.1 Å². The summed E-state index contributed by atoms with van der Waals surface area (Å²) in [5.74, 6) is 5.32. The molecule has 0 spiro atoms. The fraction of sp³-hybridized carbons (Fsp3) is 0.280. The number of amides is 1. The van der Waals surface area contributed by atoms with E-state index < -0.39 is 12.1 Å². The molecule has 1 aliphatic rings. The van der Waals surface area contributed by atoms with Gasteiger partial charge in [-0.25, -0.2) is 9.97 Å². The van der Waals surface area contributed by atoms with E-state index in [-0.39, 0.29) is 12.5 Å². The van der Waals surface area contributed by atoms with E-state index in [4.69, 9.17) is 9.47 Å². The Bertz CT molecular complexity index is 1320. The zero-order chi connectivity index (χ0) is 24.8. The van der Waals surface area contributed by atoms with Crippen LogP contribution < -0.4 is 15.4 Å². The molecule has 0 aliphatic carbocycles.